The molecule has 0 aliphatic rings. The number of aliphatic carboxylic acids is 1. The predicted octanol–water partition coefficient (Wildman–Crippen LogP) is 0.627. The van der Waals surface area contributed by atoms with Gasteiger partial charge in [0, 0.05) is 0 Å². The summed E-state index contributed by atoms with van der Waals surface area (Å²) < 4.78 is 4.54. The van der Waals surface area contributed by atoms with Crippen molar-refractivity contribution >= 4 is 17.8 Å². The molecule has 0 bridgehead atoms. The van der Waals surface area contributed by atoms with Gasteiger partial charge < -0.3 is 15.2 Å². The zero-order valence-electron chi connectivity index (χ0n) is 11.2. The van der Waals surface area contributed by atoms with Crippen LogP contribution in [0.3, 0.4) is 0 Å². The molecule has 1 rings (SSSR count). The maximum atomic E-state index is 11.9. The molecule has 0 heterocycles. The molecule has 0 saturated carbocycles. The minimum atomic E-state index is -1.88. The van der Waals surface area contributed by atoms with E-state index in [1.54, 1.807) is 18.2 Å². The van der Waals surface area contributed by atoms with Crippen molar-refractivity contribution in [3.63, 3.8) is 0 Å². The van der Waals surface area contributed by atoms with Gasteiger partial charge >= 0.3 is 11.9 Å². The summed E-state index contributed by atoms with van der Waals surface area (Å²) in [6, 6.07) is 4.54. The predicted molar refractivity (Wildman–Crippen MR) is 71.2 cm³/mol. The van der Waals surface area contributed by atoms with Crippen molar-refractivity contribution in [2.75, 3.05) is 6.61 Å². The largest absolute Gasteiger partial charge is 0.479 e. The topological polar surface area (TPSA) is 122 Å². The average molecular weight is 294 g/mol. The Balaban J connectivity index is 2.87. The van der Waals surface area contributed by atoms with Crippen LogP contribution in [0.2, 0.25) is 0 Å². The van der Waals surface area contributed by atoms with Crippen LogP contribution in [-0.2, 0) is 19.1 Å². The molecule has 8 heteroatoms. The van der Waals surface area contributed by atoms with Gasteiger partial charge in [0.25, 0.3) is 5.91 Å². The zero-order valence-corrected chi connectivity index (χ0v) is 11.2. The standard InChI is InChI=1S/C13H14N2O6/c1-2-21-13(19)10(12(17)18)14-11(16)9(15-20)8-6-4-3-5-7-8/h3-7,9-10H,2H2,1H3,(H,14,16)(H,17,18). The summed E-state index contributed by atoms with van der Waals surface area (Å²) >= 11 is 0. The lowest BCUT2D eigenvalue weighted by atomic mass is 10.1. The van der Waals surface area contributed by atoms with Gasteiger partial charge in [-0.1, -0.05) is 35.5 Å². The Labute approximate surface area is 120 Å². The van der Waals surface area contributed by atoms with Crippen molar-refractivity contribution in [2.24, 2.45) is 5.18 Å². The number of esters is 1. The highest BCUT2D eigenvalue weighted by Crippen LogP contribution is 2.17. The number of benzene rings is 1. The maximum Gasteiger partial charge on any atom is 0.340 e. The summed E-state index contributed by atoms with van der Waals surface area (Å²) in [5.41, 5.74) is 0.290. The number of carbonyl (C=O) groups is 3. The second-order valence-electron chi connectivity index (χ2n) is 3.95. The lowest BCUT2D eigenvalue weighted by Gasteiger charge is -2.15. The summed E-state index contributed by atoms with van der Waals surface area (Å²) in [7, 11) is 0. The normalized spacial score (nSPS) is 12.8. The molecule has 0 aliphatic heterocycles. The quantitative estimate of drug-likeness (QED) is 0.432. The van der Waals surface area contributed by atoms with E-state index in [-0.39, 0.29) is 12.2 Å². The van der Waals surface area contributed by atoms with Crippen LogP contribution in [0, 0.1) is 4.91 Å². The highest BCUT2D eigenvalue weighted by molar-refractivity contribution is 6.02. The summed E-state index contributed by atoms with van der Waals surface area (Å²) in [5, 5.41) is 13.5. The molecule has 1 amide bonds. The fourth-order valence-corrected chi connectivity index (χ4v) is 1.56. The molecule has 0 radical (unpaired) electrons. The number of carboxylic acid groups (broad SMARTS) is 1. The van der Waals surface area contributed by atoms with Crippen LogP contribution in [0.25, 0.3) is 0 Å². The number of hydrogen-bond donors (Lipinski definition) is 2. The molecule has 8 nitrogen and oxygen atoms in total. The van der Waals surface area contributed by atoms with E-state index in [2.05, 4.69) is 9.91 Å². The Bertz CT molecular complexity index is 531. The van der Waals surface area contributed by atoms with Gasteiger partial charge in [-0.05, 0) is 12.5 Å². The Morgan fingerprint density at radius 3 is 2.38 bits per heavy atom. The van der Waals surface area contributed by atoms with Gasteiger partial charge in [-0.2, -0.15) is 0 Å². The number of carboxylic acids is 1. The number of rotatable bonds is 7. The SMILES string of the molecule is CCOC(=O)C(NC(=O)C(N=O)c1ccccc1)C(=O)O. The third kappa shape index (κ3) is 4.37. The number of nitroso groups, excluding NO2 is 1. The van der Waals surface area contributed by atoms with Crippen LogP contribution in [0.5, 0.6) is 0 Å². The number of ether oxygens (including phenoxy) is 1. The fourth-order valence-electron chi connectivity index (χ4n) is 1.56. The summed E-state index contributed by atoms with van der Waals surface area (Å²) in [6.45, 7) is 1.46. The van der Waals surface area contributed by atoms with Gasteiger partial charge in [-0.3, -0.25) is 4.79 Å². The van der Waals surface area contributed by atoms with E-state index in [1.165, 1.54) is 19.1 Å². The van der Waals surface area contributed by atoms with Gasteiger partial charge in [0.1, 0.15) is 0 Å². The molecule has 2 unspecified atom stereocenters. The van der Waals surface area contributed by atoms with Crippen LogP contribution < -0.4 is 5.32 Å². The highest BCUT2D eigenvalue weighted by atomic mass is 16.5. The molecule has 0 spiro atoms. The van der Waals surface area contributed by atoms with Crippen molar-refractivity contribution < 1.29 is 24.2 Å². The van der Waals surface area contributed by atoms with Crippen LogP contribution >= 0.6 is 0 Å². The Kier molecular flexibility index (Phi) is 5.99. The smallest absolute Gasteiger partial charge is 0.340 e. The van der Waals surface area contributed by atoms with E-state index in [9.17, 15) is 19.3 Å². The van der Waals surface area contributed by atoms with Crippen LogP contribution in [0.15, 0.2) is 35.5 Å². The van der Waals surface area contributed by atoms with Crippen LogP contribution in [-0.4, -0.2) is 35.6 Å². The maximum absolute atomic E-state index is 11.9. The third-order valence-corrected chi connectivity index (χ3v) is 2.52. The molecule has 0 aromatic heterocycles. The third-order valence-electron chi connectivity index (χ3n) is 2.52. The first-order valence-corrected chi connectivity index (χ1v) is 6.08. The number of carbonyl (C=O) groups excluding carboxylic acids is 2. The number of hydrogen-bond acceptors (Lipinski definition) is 6. The lowest BCUT2D eigenvalue weighted by Crippen LogP contribution is -2.48. The Morgan fingerprint density at radius 2 is 1.90 bits per heavy atom. The first kappa shape index (κ1) is 16.3. The van der Waals surface area contributed by atoms with Gasteiger partial charge in [0.05, 0.1) is 6.61 Å². The molecular formula is C13H14N2O6. The van der Waals surface area contributed by atoms with Gasteiger partial charge in [0.2, 0.25) is 6.04 Å². The van der Waals surface area contributed by atoms with E-state index in [4.69, 9.17) is 5.11 Å². The minimum absolute atomic E-state index is 0.0352. The van der Waals surface area contributed by atoms with E-state index in [1.807, 2.05) is 5.32 Å². The first-order valence-electron chi connectivity index (χ1n) is 6.08. The summed E-state index contributed by atoms with van der Waals surface area (Å²) in [6.07, 6.45) is 0. The van der Waals surface area contributed by atoms with E-state index in [0.717, 1.165) is 0 Å². The van der Waals surface area contributed by atoms with E-state index in [0.29, 0.717) is 0 Å². The molecule has 0 fully saturated rings. The second-order valence-corrected chi connectivity index (χ2v) is 3.95. The Hall–Kier alpha value is -2.77. The minimum Gasteiger partial charge on any atom is -0.479 e. The second kappa shape index (κ2) is 7.73. The lowest BCUT2D eigenvalue weighted by molar-refractivity contribution is -0.156. The molecule has 1 aromatic rings. The molecular weight excluding hydrogens is 280 g/mol. The van der Waals surface area contributed by atoms with E-state index >= 15 is 0 Å². The molecule has 2 N–H and O–H groups in total. The van der Waals surface area contributed by atoms with Crippen LogP contribution in [0.4, 0.5) is 0 Å². The van der Waals surface area contributed by atoms with Crippen molar-refractivity contribution in [1.82, 2.24) is 5.32 Å². The number of amides is 1. The molecule has 0 saturated heterocycles. The van der Waals surface area contributed by atoms with Gasteiger partial charge in [-0.15, -0.1) is 4.91 Å². The van der Waals surface area contributed by atoms with Crippen molar-refractivity contribution in [3.8, 4) is 0 Å². The monoisotopic (exact) mass is 294 g/mol. The van der Waals surface area contributed by atoms with Gasteiger partial charge in [0.15, 0.2) is 6.04 Å². The molecule has 0 aliphatic carbocycles. The number of nitrogens with zero attached hydrogens (tertiary/aromatic N) is 1. The fraction of sp³-hybridized carbons (Fsp3) is 0.308. The molecule has 21 heavy (non-hydrogen) atoms. The van der Waals surface area contributed by atoms with E-state index < -0.39 is 29.9 Å². The summed E-state index contributed by atoms with van der Waals surface area (Å²) in [4.78, 5) is 45.2. The van der Waals surface area contributed by atoms with Crippen molar-refractivity contribution in [1.29, 1.82) is 0 Å². The highest BCUT2D eigenvalue weighted by Gasteiger charge is 2.33. The first-order chi connectivity index (χ1) is 10.0. The Morgan fingerprint density at radius 1 is 1.29 bits per heavy atom. The molecule has 112 valence electrons. The molecule has 1 aromatic carbocycles. The van der Waals surface area contributed by atoms with Crippen molar-refractivity contribution in [3.05, 3.63) is 40.8 Å². The number of nitrogens with one attached hydrogen (secondary N) is 1. The summed E-state index contributed by atoms with van der Waals surface area (Å²) in [5.74, 6) is -3.69. The van der Waals surface area contributed by atoms with Crippen molar-refractivity contribution in [2.45, 2.75) is 19.0 Å². The van der Waals surface area contributed by atoms with Crippen LogP contribution in [0.1, 0.15) is 18.5 Å². The van der Waals surface area contributed by atoms with Gasteiger partial charge in [-0.25, -0.2) is 9.59 Å². The zero-order chi connectivity index (χ0) is 15.8. The molecule has 2 atom stereocenters. The average Bonchev–Trinajstić information content (AvgIpc) is 2.46.